The Kier molecular flexibility index (Phi) is 4.86. The fourth-order valence-corrected chi connectivity index (χ4v) is 1.72. The smallest absolute Gasteiger partial charge is 0.315 e. The summed E-state index contributed by atoms with van der Waals surface area (Å²) in [7, 11) is 0. The molecule has 110 valence electrons. The van der Waals surface area contributed by atoms with Crippen LogP contribution in [0, 0.1) is 0 Å². The van der Waals surface area contributed by atoms with Gasteiger partial charge in [-0.1, -0.05) is 35.5 Å². The Balaban J connectivity index is 1.84. The van der Waals surface area contributed by atoms with Gasteiger partial charge >= 0.3 is 12.0 Å². The average Bonchev–Trinajstić information content (AvgIpc) is 2.99. The first-order valence-corrected chi connectivity index (χ1v) is 6.21. The zero-order chi connectivity index (χ0) is 15.1. The molecule has 0 bridgehead atoms. The number of aliphatic carboxylic acids is 1. The number of benzene rings is 1. The van der Waals surface area contributed by atoms with Crippen LogP contribution in [0.4, 0.5) is 4.79 Å². The van der Waals surface area contributed by atoms with E-state index in [-0.39, 0.29) is 13.1 Å². The van der Waals surface area contributed by atoms with Crippen LogP contribution in [-0.2, 0) is 11.3 Å². The van der Waals surface area contributed by atoms with Gasteiger partial charge in [0.15, 0.2) is 5.82 Å². The van der Waals surface area contributed by atoms with Crippen LogP contribution in [0.1, 0.15) is 17.3 Å². The highest BCUT2D eigenvalue weighted by atomic mass is 16.5. The van der Waals surface area contributed by atoms with Gasteiger partial charge in [0.25, 0.3) is 0 Å². The number of rotatable bonds is 6. The Hall–Kier alpha value is -2.90. The maximum Gasteiger partial charge on any atom is 0.315 e. The lowest BCUT2D eigenvalue weighted by Gasteiger charge is -2.14. The first kappa shape index (κ1) is 14.5. The highest BCUT2D eigenvalue weighted by Crippen LogP contribution is 2.14. The van der Waals surface area contributed by atoms with E-state index in [2.05, 4.69) is 25.3 Å². The Bertz CT molecular complexity index is 585. The molecular formula is C13H14N4O4. The number of amides is 2. The highest BCUT2D eigenvalue weighted by Gasteiger charge is 2.20. The van der Waals surface area contributed by atoms with Crippen molar-refractivity contribution in [2.45, 2.75) is 12.5 Å². The summed E-state index contributed by atoms with van der Waals surface area (Å²) in [6.45, 7) is 0.0861. The minimum Gasteiger partial charge on any atom is -0.481 e. The Morgan fingerprint density at radius 1 is 1.24 bits per heavy atom. The molecule has 0 radical (unpaired) electrons. The first-order chi connectivity index (χ1) is 10.2. The number of hydrogen-bond acceptors (Lipinski definition) is 5. The Morgan fingerprint density at radius 3 is 2.62 bits per heavy atom. The van der Waals surface area contributed by atoms with Crippen molar-refractivity contribution in [2.24, 2.45) is 0 Å². The lowest BCUT2D eigenvalue weighted by molar-refractivity contribution is -0.138. The van der Waals surface area contributed by atoms with Gasteiger partial charge in [-0.25, -0.2) is 4.79 Å². The molecule has 1 unspecified atom stereocenters. The van der Waals surface area contributed by atoms with Crippen LogP contribution in [-0.4, -0.2) is 33.8 Å². The fraction of sp³-hybridized carbons (Fsp3) is 0.231. The lowest BCUT2D eigenvalue weighted by Crippen LogP contribution is -2.39. The van der Waals surface area contributed by atoms with Crippen molar-refractivity contribution in [3.8, 4) is 0 Å². The number of carboxylic acids is 1. The van der Waals surface area contributed by atoms with Gasteiger partial charge in [0.1, 0.15) is 0 Å². The van der Waals surface area contributed by atoms with E-state index >= 15 is 0 Å². The summed E-state index contributed by atoms with van der Waals surface area (Å²) >= 11 is 0. The number of nitrogens with zero attached hydrogens (tertiary/aromatic N) is 2. The van der Waals surface area contributed by atoms with Crippen LogP contribution in [0.15, 0.2) is 41.2 Å². The van der Waals surface area contributed by atoms with Crippen LogP contribution in [0.3, 0.4) is 0 Å². The van der Waals surface area contributed by atoms with Gasteiger partial charge in [0.05, 0.1) is 12.5 Å². The molecule has 2 amide bonds. The molecule has 3 N–H and O–H groups in total. The van der Waals surface area contributed by atoms with Crippen molar-refractivity contribution in [3.05, 3.63) is 48.1 Å². The maximum absolute atomic E-state index is 11.6. The molecule has 1 atom stereocenters. The zero-order valence-electron chi connectivity index (χ0n) is 11.0. The lowest BCUT2D eigenvalue weighted by atomic mass is 9.99. The highest BCUT2D eigenvalue weighted by molar-refractivity contribution is 5.79. The number of aromatic nitrogens is 2. The number of hydrogen-bond donors (Lipinski definition) is 3. The van der Waals surface area contributed by atoms with Gasteiger partial charge in [0, 0.05) is 6.54 Å². The van der Waals surface area contributed by atoms with Crippen molar-refractivity contribution in [1.82, 2.24) is 20.8 Å². The largest absolute Gasteiger partial charge is 0.481 e. The molecule has 2 aromatic rings. The van der Waals surface area contributed by atoms with Crippen molar-refractivity contribution in [3.63, 3.8) is 0 Å². The topological polar surface area (TPSA) is 117 Å². The average molecular weight is 290 g/mol. The molecule has 1 aromatic carbocycles. The predicted octanol–water partition coefficient (Wildman–Crippen LogP) is 0.737. The van der Waals surface area contributed by atoms with Gasteiger partial charge in [-0.2, -0.15) is 4.98 Å². The summed E-state index contributed by atoms with van der Waals surface area (Å²) in [4.78, 5) is 26.6. The summed E-state index contributed by atoms with van der Waals surface area (Å²) in [5, 5.41) is 17.8. The SMILES string of the molecule is O=C(NCc1ncon1)NCC(C(=O)O)c1ccccc1. The molecule has 0 spiro atoms. The zero-order valence-corrected chi connectivity index (χ0v) is 11.0. The summed E-state index contributed by atoms with van der Waals surface area (Å²) in [6.07, 6.45) is 1.16. The molecule has 0 aliphatic rings. The van der Waals surface area contributed by atoms with Gasteiger partial charge in [-0.3, -0.25) is 4.79 Å². The molecule has 0 saturated heterocycles. The summed E-state index contributed by atoms with van der Waals surface area (Å²) < 4.78 is 4.52. The van der Waals surface area contributed by atoms with E-state index in [1.54, 1.807) is 30.3 Å². The van der Waals surface area contributed by atoms with E-state index in [4.69, 9.17) is 0 Å². The second-order valence-corrected chi connectivity index (χ2v) is 4.21. The molecule has 0 aliphatic carbocycles. The first-order valence-electron chi connectivity index (χ1n) is 6.21. The number of carbonyl (C=O) groups is 2. The van der Waals surface area contributed by atoms with Gasteiger partial charge in [-0.15, -0.1) is 0 Å². The Labute approximate surface area is 120 Å². The monoisotopic (exact) mass is 290 g/mol. The van der Waals surface area contributed by atoms with E-state index in [1.807, 2.05) is 0 Å². The van der Waals surface area contributed by atoms with Crippen LogP contribution in [0.2, 0.25) is 0 Å². The molecule has 0 fully saturated rings. The van der Waals surface area contributed by atoms with E-state index < -0.39 is 17.9 Å². The number of nitrogens with one attached hydrogen (secondary N) is 2. The van der Waals surface area contributed by atoms with E-state index in [9.17, 15) is 14.7 Å². The number of carboxylic acid groups (broad SMARTS) is 1. The standard InChI is InChI=1S/C13H14N4O4/c18-12(19)10(9-4-2-1-3-5-9)6-14-13(20)15-7-11-16-8-21-17-11/h1-5,8,10H,6-7H2,(H,18,19)(H2,14,15,20). The minimum absolute atomic E-state index is 0.0164. The second kappa shape index (κ2) is 7.04. The number of urea groups is 1. The molecule has 0 saturated carbocycles. The van der Waals surface area contributed by atoms with Crippen molar-refractivity contribution >= 4 is 12.0 Å². The summed E-state index contributed by atoms with van der Waals surface area (Å²) in [5.41, 5.74) is 0.628. The van der Waals surface area contributed by atoms with Crippen molar-refractivity contribution < 1.29 is 19.2 Å². The molecule has 21 heavy (non-hydrogen) atoms. The van der Waals surface area contributed by atoms with Crippen LogP contribution >= 0.6 is 0 Å². The van der Waals surface area contributed by atoms with Gasteiger partial charge in [0.2, 0.25) is 6.39 Å². The normalized spacial score (nSPS) is 11.6. The third kappa shape index (κ3) is 4.30. The quantitative estimate of drug-likeness (QED) is 0.722. The van der Waals surface area contributed by atoms with Crippen LogP contribution < -0.4 is 10.6 Å². The van der Waals surface area contributed by atoms with Gasteiger partial charge < -0.3 is 20.3 Å². The predicted molar refractivity (Wildman–Crippen MR) is 71.4 cm³/mol. The van der Waals surface area contributed by atoms with Crippen LogP contribution in [0.5, 0.6) is 0 Å². The fourth-order valence-electron chi connectivity index (χ4n) is 1.72. The number of carbonyl (C=O) groups excluding carboxylic acids is 1. The minimum atomic E-state index is -1.00. The molecule has 0 aliphatic heterocycles. The van der Waals surface area contributed by atoms with E-state index in [0.717, 1.165) is 6.39 Å². The third-order valence-electron chi connectivity index (χ3n) is 2.78. The second-order valence-electron chi connectivity index (χ2n) is 4.21. The molecule has 1 heterocycles. The van der Waals surface area contributed by atoms with Crippen molar-refractivity contribution in [1.29, 1.82) is 0 Å². The third-order valence-corrected chi connectivity index (χ3v) is 2.78. The summed E-state index contributed by atoms with van der Waals surface area (Å²) in [6, 6.07) is 8.22. The molecule has 1 aromatic heterocycles. The maximum atomic E-state index is 11.6. The molecule has 2 rings (SSSR count). The van der Waals surface area contributed by atoms with Crippen LogP contribution in [0.25, 0.3) is 0 Å². The Morgan fingerprint density at radius 2 is 2.00 bits per heavy atom. The van der Waals surface area contributed by atoms with Crippen molar-refractivity contribution in [2.75, 3.05) is 6.54 Å². The van der Waals surface area contributed by atoms with E-state index in [0.29, 0.717) is 11.4 Å². The molecule has 8 nitrogen and oxygen atoms in total. The summed E-state index contributed by atoms with van der Waals surface area (Å²) in [5.74, 6) is -1.47. The van der Waals surface area contributed by atoms with Gasteiger partial charge in [-0.05, 0) is 5.56 Å². The van der Waals surface area contributed by atoms with E-state index in [1.165, 1.54) is 0 Å². The molecular weight excluding hydrogens is 276 g/mol. The molecule has 8 heteroatoms.